The van der Waals surface area contributed by atoms with Gasteiger partial charge in [0.15, 0.2) is 5.96 Å². The number of nitrogens with zero attached hydrogens (tertiary/aromatic N) is 2. The van der Waals surface area contributed by atoms with Crippen LogP contribution in [0.1, 0.15) is 23.3 Å². The van der Waals surface area contributed by atoms with Gasteiger partial charge in [-0.2, -0.15) is 0 Å². The van der Waals surface area contributed by atoms with Gasteiger partial charge in [-0.25, -0.2) is 0 Å². The molecule has 0 fully saturated rings. The van der Waals surface area contributed by atoms with Crippen LogP contribution in [0.5, 0.6) is 0 Å². The molecule has 0 aliphatic carbocycles. The average Bonchev–Trinajstić information content (AvgIpc) is 3.12. The third kappa shape index (κ3) is 5.57. The van der Waals surface area contributed by atoms with E-state index in [2.05, 4.69) is 83.3 Å². The predicted octanol–water partition coefficient (Wildman–Crippen LogP) is 3.33. The van der Waals surface area contributed by atoms with Gasteiger partial charge in [-0.15, -0.1) is 11.3 Å². The minimum atomic E-state index is 0.488. The first-order valence-electron chi connectivity index (χ1n) is 8.34. The van der Waals surface area contributed by atoms with E-state index in [-0.39, 0.29) is 0 Å². The van der Waals surface area contributed by atoms with Gasteiger partial charge in [0.25, 0.3) is 0 Å². The van der Waals surface area contributed by atoms with Gasteiger partial charge in [0.2, 0.25) is 0 Å². The van der Waals surface area contributed by atoms with E-state index in [1.807, 2.05) is 7.05 Å². The summed E-state index contributed by atoms with van der Waals surface area (Å²) in [6.07, 6.45) is 0.981. The molecule has 1 unspecified atom stereocenters. The highest BCUT2D eigenvalue weighted by Crippen LogP contribution is 2.19. The molecule has 1 aromatic heterocycles. The lowest BCUT2D eigenvalue weighted by Crippen LogP contribution is -2.39. The summed E-state index contributed by atoms with van der Waals surface area (Å²) < 4.78 is 0. The number of nitrogens with one attached hydrogen (secondary N) is 2. The molecule has 5 heteroatoms. The lowest BCUT2D eigenvalue weighted by Gasteiger charge is -2.15. The second kappa shape index (κ2) is 9.33. The standard InChI is InChI=1S/C19H28N4S/c1-15(18-6-5-13-24-18)14-22-19(20-2)21-12-11-16-7-9-17(10-8-16)23(3)4/h5-10,13,15H,11-12,14H2,1-4H3,(H2,20,21,22). The van der Waals surface area contributed by atoms with Crippen LogP contribution >= 0.6 is 11.3 Å². The highest BCUT2D eigenvalue weighted by molar-refractivity contribution is 7.10. The summed E-state index contributed by atoms with van der Waals surface area (Å²) in [5.41, 5.74) is 2.56. The Labute approximate surface area is 149 Å². The molecule has 1 atom stereocenters. The zero-order chi connectivity index (χ0) is 17.4. The van der Waals surface area contributed by atoms with Crippen LogP contribution in [0.4, 0.5) is 5.69 Å². The van der Waals surface area contributed by atoms with E-state index in [9.17, 15) is 0 Å². The van der Waals surface area contributed by atoms with Gasteiger partial charge in [0.1, 0.15) is 0 Å². The molecule has 2 aromatic rings. The van der Waals surface area contributed by atoms with Crippen LogP contribution in [0.15, 0.2) is 46.8 Å². The molecule has 0 saturated carbocycles. The maximum Gasteiger partial charge on any atom is 0.191 e. The van der Waals surface area contributed by atoms with Crippen LogP contribution in [-0.4, -0.2) is 40.2 Å². The maximum absolute atomic E-state index is 4.30. The van der Waals surface area contributed by atoms with Crippen LogP contribution in [-0.2, 0) is 6.42 Å². The number of rotatable bonds is 7. The van der Waals surface area contributed by atoms with Gasteiger partial charge in [0.05, 0.1) is 0 Å². The molecule has 0 saturated heterocycles. The number of anilines is 1. The molecule has 0 bridgehead atoms. The van der Waals surface area contributed by atoms with Crippen LogP contribution in [0.25, 0.3) is 0 Å². The van der Waals surface area contributed by atoms with E-state index >= 15 is 0 Å². The van der Waals surface area contributed by atoms with Crippen molar-refractivity contribution in [3.05, 3.63) is 52.2 Å². The Morgan fingerprint density at radius 3 is 2.50 bits per heavy atom. The van der Waals surface area contributed by atoms with E-state index in [1.165, 1.54) is 16.1 Å². The van der Waals surface area contributed by atoms with Gasteiger partial charge in [-0.3, -0.25) is 4.99 Å². The predicted molar refractivity (Wildman–Crippen MR) is 107 cm³/mol. The van der Waals surface area contributed by atoms with Crippen molar-refractivity contribution in [1.82, 2.24) is 10.6 Å². The number of aliphatic imine (C=N–C) groups is 1. The first-order valence-corrected chi connectivity index (χ1v) is 9.22. The first kappa shape index (κ1) is 18.3. The quantitative estimate of drug-likeness (QED) is 0.598. The summed E-state index contributed by atoms with van der Waals surface area (Å²) in [6, 6.07) is 13.0. The monoisotopic (exact) mass is 344 g/mol. The highest BCUT2D eigenvalue weighted by atomic mass is 32.1. The number of hydrogen-bond acceptors (Lipinski definition) is 3. The number of benzene rings is 1. The van der Waals surface area contributed by atoms with E-state index < -0.39 is 0 Å². The minimum Gasteiger partial charge on any atom is -0.378 e. The zero-order valence-corrected chi connectivity index (χ0v) is 15.9. The molecule has 0 aliphatic rings. The molecular formula is C19H28N4S. The minimum absolute atomic E-state index is 0.488. The SMILES string of the molecule is CN=C(NCCc1ccc(N(C)C)cc1)NCC(C)c1cccs1. The Kier molecular flexibility index (Phi) is 7.12. The Hall–Kier alpha value is -2.01. The van der Waals surface area contributed by atoms with E-state index in [0.29, 0.717) is 5.92 Å². The van der Waals surface area contributed by atoms with Crippen LogP contribution in [0.3, 0.4) is 0 Å². The molecule has 24 heavy (non-hydrogen) atoms. The van der Waals surface area contributed by atoms with Gasteiger partial charge in [-0.05, 0) is 35.6 Å². The molecule has 0 aliphatic heterocycles. The van der Waals surface area contributed by atoms with Crippen molar-refractivity contribution >= 4 is 23.0 Å². The topological polar surface area (TPSA) is 39.7 Å². The van der Waals surface area contributed by atoms with Crippen molar-refractivity contribution in [2.75, 3.05) is 39.1 Å². The van der Waals surface area contributed by atoms with E-state index in [0.717, 1.165) is 25.5 Å². The third-order valence-corrected chi connectivity index (χ3v) is 5.09. The molecule has 0 amide bonds. The van der Waals surface area contributed by atoms with Gasteiger partial charge < -0.3 is 15.5 Å². The molecule has 2 rings (SSSR count). The first-order chi connectivity index (χ1) is 11.6. The van der Waals surface area contributed by atoms with Gasteiger partial charge in [0, 0.05) is 50.7 Å². The smallest absolute Gasteiger partial charge is 0.191 e. The second-order valence-corrected chi connectivity index (χ2v) is 7.09. The van der Waals surface area contributed by atoms with Gasteiger partial charge >= 0.3 is 0 Å². The molecule has 130 valence electrons. The summed E-state index contributed by atoms with van der Waals surface area (Å²) in [6.45, 7) is 3.99. The summed E-state index contributed by atoms with van der Waals surface area (Å²) in [4.78, 5) is 7.82. The van der Waals surface area contributed by atoms with Crippen molar-refractivity contribution in [3.8, 4) is 0 Å². The Balaban J connectivity index is 1.73. The normalized spacial score (nSPS) is 12.8. The van der Waals surface area contributed by atoms with Crippen molar-refractivity contribution in [2.24, 2.45) is 4.99 Å². The maximum atomic E-state index is 4.30. The fourth-order valence-electron chi connectivity index (χ4n) is 2.43. The molecule has 1 aromatic carbocycles. The Morgan fingerprint density at radius 2 is 1.92 bits per heavy atom. The van der Waals surface area contributed by atoms with Crippen molar-refractivity contribution in [1.29, 1.82) is 0 Å². The average molecular weight is 345 g/mol. The van der Waals surface area contributed by atoms with Gasteiger partial charge in [-0.1, -0.05) is 25.1 Å². The lowest BCUT2D eigenvalue weighted by atomic mass is 10.1. The molecular weight excluding hydrogens is 316 g/mol. The zero-order valence-electron chi connectivity index (χ0n) is 15.0. The van der Waals surface area contributed by atoms with Crippen molar-refractivity contribution in [2.45, 2.75) is 19.3 Å². The Bertz CT molecular complexity index is 617. The largest absolute Gasteiger partial charge is 0.378 e. The third-order valence-electron chi connectivity index (χ3n) is 3.99. The summed E-state index contributed by atoms with van der Waals surface area (Å²) in [7, 11) is 5.93. The molecule has 0 spiro atoms. The van der Waals surface area contributed by atoms with Crippen LogP contribution in [0.2, 0.25) is 0 Å². The van der Waals surface area contributed by atoms with E-state index in [1.54, 1.807) is 11.3 Å². The highest BCUT2D eigenvalue weighted by Gasteiger charge is 2.07. The number of guanidine groups is 1. The van der Waals surface area contributed by atoms with Crippen LogP contribution < -0.4 is 15.5 Å². The number of thiophene rings is 1. The molecule has 0 radical (unpaired) electrons. The molecule has 1 heterocycles. The lowest BCUT2D eigenvalue weighted by molar-refractivity contribution is 0.707. The van der Waals surface area contributed by atoms with Crippen LogP contribution in [0, 0.1) is 0 Å². The van der Waals surface area contributed by atoms with Crippen molar-refractivity contribution in [3.63, 3.8) is 0 Å². The summed E-state index contributed by atoms with van der Waals surface area (Å²) >= 11 is 1.80. The Morgan fingerprint density at radius 1 is 1.17 bits per heavy atom. The summed E-state index contributed by atoms with van der Waals surface area (Å²) in [5.74, 6) is 1.35. The van der Waals surface area contributed by atoms with E-state index in [4.69, 9.17) is 0 Å². The van der Waals surface area contributed by atoms with Crippen molar-refractivity contribution < 1.29 is 0 Å². The summed E-state index contributed by atoms with van der Waals surface area (Å²) in [5, 5.41) is 8.92. The fraction of sp³-hybridized carbons (Fsp3) is 0.421. The molecule has 2 N–H and O–H groups in total. The second-order valence-electron chi connectivity index (χ2n) is 6.11. The number of hydrogen-bond donors (Lipinski definition) is 2. The molecule has 4 nitrogen and oxygen atoms in total. The fourth-order valence-corrected chi connectivity index (χ4v) is 3.22.